The third-order valence-corrected chi connectivity index (χ3v) is 2.55. The summed E-state index contributed by atoms with van der Waals surface area (Å²) in [5.74, 6) is 0. The van der Waals surface area contributed by atoms with Crippen LogP contribution in [0.5, 0.6) is 0 Å². The number of rotatable bonds is 3. The van der Waals surface area contributed by atoms with Crippen LogP contribution >= 0.6 is 11.8 Å². The molecule has 0 amide bonds. The maximum atomic E-state index is 10.5. The standard InChI is InChI=1S/C8H7N5O2S/c1-16-8-9-10-11-12(8)6-2-4-7(5-3-6)13(14)15/h2-5H,1H3. The van der Waals surface area contributed by atoms with Crippen LogP contribution in [0.15, 0.2) is 29.4 Å². The van der Waals surface area contributed by atoms with E-state index >= 15 is 0 Å². The van der Waals surface area contributed by atoms with E-state index in [0.717, 1.165) is 0 Å². The van der Waals surface area contributed by atoms with Gasteiger partial charge in [-0.05, 0) is 28.8 Å². The molecule has 82 valence electrons. The second-order valence-corrected chi connectivity index (χ2v) is 3.62. The van der Waals surface area contributed by atoms with Gasteiger partial charge in [0.25, 0.3) is 5.69 Å². The summed E-state index contributed by atoms with van der Waals surface area (Å²) in [6, 6.07) is 6.05. The van der Waals surface area contributed by atoms with Crippen LogP contribution in [0.25, 0.3) is 5.69 Å². The number of thioether (sulfide) groups is 1. The fourth-order valence-electron chi connectivity index (χ4n) is 1.18. The largest absolute Gasteiger partial charge is 0.269 e. The first kappa shape index (κ1) is 10.6. The number of hydrogen-bond donors (Lipinski definition) is 0. The van der Waals surface area contributed by atoms with Gasteiger partial charge in [-0.25, -0.2) is 0 Å². The highest BCUT2D eigenvalue weighted by molar-refractivity contribution is 7.98. The van der Waals surface area contributed by atoms with Gasteiger partial charge in [0.2, 0.25) is 5.16 Å². The van der Waals surface area contributed by atoms with Crippen molar-refractivity contribution in [1.29, 1.82) is 0 Å². The Bertz CT molecular complexity index is 509. The van der Waals surface area contributed by atoms with E-state index in [4.69, 9.17) is 0 Å². The van der Waals surface area contributed by atoms with E-state index < -0.39 is 4.92 Å². The Morgan fingerprint density at radius 3 is 2.62 bits per heavy atom. The third-order valence-electron chi connectivity index (χ3n) is 1.93. The molecule has 1 heterocycles. The molecule has 0 atom stereocenters. The lowest BCUT2D eigenvalue weighted by Crippen LogP contribution is -1.98. The zero-order valence-electron chi connectivity index (χ0n) is 8.27. The molecular weight excluding hydrogens is 230 g/mol. The maximum absolute atomic E-state index is 10.5. The van der Waals surface area contributed by atoms with Gasteiger partial charge in [-0.2, -0.15) is 4.68 Å². The van der Waals surface area contributed by atoms with Crippen molar-refractivity contribution < 1.29 is 4.92 Å². The number of tetrazole rings is 1. The summed E-state index contributed by atoms with van der Waals surface area (Å²) in [4.78, 5) is 10.0. The summed E-state index contributed by atoms with van der Waals surface area (Å²) in [7, 11) is 0. The fraction of sp³-hybridized carbons (Fsp3) is 0.125. The fourth-order valence-corrected chi connectivity index (χ4v) is 1.62. The van der Waals surface area contributed by atoms with Gasteiger partial charge < -0.3 is 0 Å². The van der Waals surface area contributed by atoms with Gasteiger partial charge in [-0.1, -0.05) is 11.8 Å². The van der Waals surface area contributed by atoms with Gasteiger partial charge in [0.05, 0.1) is 10.6 Å². The number of nitro benzene ring substituents is 1. The molecule has 1 aromatic heterocycles. The van der Waals surface area contributed by atoms with E-state index in [2.05, 4.69) is 15.5 Å². The summed E-state index contributed by atoms with van der Waals surface area (Å²) in [6.45, 7) is 0. The number of nitro groups is 1. The van der Waals surface area contributed by atoms with Crippen LogP contribution < -0.4 is 0 Å². The quantitative estimate of drug-likeness (QED) is 0.454. The Hall–Kier alpha value is -1.96. The van der Waals surface area contributed by atoms with Gasteiger partial charge in [0.15, 0.2) is 0 Å². The molecule has 0 aliphatic heterocycles. The molecule has 8 heteroatoms. The van der Waals surface area contributed by atoms with Crippen LogP contribution in [-0.2, 0) is 0 Å². The summed E-state index contributed by atoms with van der Waals surface area (Å²) < 4.78 is 1.52. The highest BCUT2D eigenvalue weighted by Crippen LogP contribution is 2.18. The van der Waals surface area contributed by atoms with Crippen LogP contribution in [0.4, 0.5) is 5.69 Å². The molecule has 7 nitrogen and oxygen atoms in total. The van der Waals surface area contributed by atoms with Crippen LogP contribution in [0.3, 0.4) is 0 Å². The van der Waals surface area contributed by atoms with Crippen molar-refractivity contribution in [3.63, 3.8) is 0 Å². The number of nitrogens with zero attached hydrogens (tertiary/aromatic N) is 5. The topological polar surface area (TPSA) is 86.7 Å². The van der Waals surface area contributed by atoms with Gasteiger partial charge in [0, 0.05) is 12.1 Å². The molecule has 0 spiro atoms. The van der Waals surface area contributed by atoms with Gasteiger partial charge in [-0.15, -0.1) is 5.10 Å². The molecule has 0 radical (unpaired) electrons. The lowest BCUT2D eigenvalue weighted by atomic mass is 10.3. The average Bonchev–Trinajstić information content (AvgIpc) is 2.77. The smallest absolute Gasteiger partial charge is 0.258 e. The molecule has 16 heavy (non-hydrogen) atoms. The van der Waals surface area contributed by atoms with Crippen molar-refractivity contribution in [3.8, 4) is 5.69 Å². The van der Waals surface area contributed by atoms with Crippen LogP contribution in [0.1, 0.15) is 0 Å². The van der Waals surface area contributed by atoms with Crippen molar-refractivity contribution >= 4 is 17.4 Å². The van der Waals surface area contributed by atoms with Gasteiger partial charge >= 0.3 is 0 Å². The molecule has 2 aromatic rings. The average molecular weight is 237 g/mol. The first-order valence-corrected chi connectivity index (χ1v) is 5.52. The van der Waals surface area contributed by atoms with Crippen LogP contribution in [0.2, 0.25) is 0 Å². The molecular formula is C8H7N5O2S. The Labute approximate surface area is 94.6 Å². The highest BCUT2D eigenvalue weighted by Gasteiger charge is 2.09. The Balaban J connectivity index is 2.38. The van der Waals surface area contributed by atoms with E-state index in [1.54, 1.807) is 12.1 Å². The second-order valence-electron chi connectivity index (χ2n) is 2.85. The van der Waals surface area contributed by atoms with Gasteiger partial charge in [0.1, 0.15) is 0 Å². The lowest BCUT2D eigenvalue weighted by molar-refractivity contribution is -0.384. The normalized spacial score (nSPS) is 10.3. The Morgan fingerprint density at radius 2 is 2.06 bits per heavy atom. The van der Waals surface area contributed by atoms with Crippen molar-refractivity contribution in [2.75, 3.05) is 6.26 Å². The summed E-state index contributed by atoms with van der Waals surface area (Å²) >= 11 is 1.40. The summed E-state index contributed by atoms with van der Waals surface area (Å²) in [6.07, 6.45) is 1.85. The van der Waals surface area contributed by atoms with Gasteiger partial charge in [-0.3, -0.25) is 10.1 Å². The molecule has 0 aliphatic carbocycles. The van der Waals surface area contributed by atoms with Crippen molar-refractivity contribution in [3.05, 3.63) is 34.4 Å². The molecule has 0 saturated carbocycles. The number of hydrogen-bond acceptors (Lipinski definition) is 6. The summed E-state index contributed by atoms with van der Waals surface area (Å²) in [5, 5.41) is 22.2. The monoisotopic (exact) mass is 237 g/mol. The maximum Gasteiger partial charge on any atom is 0.269 e. The minimum Gasteiger partial charge on any atom is -0.258 e. The molecule has 2 rings (SSSR count). The zero-order valence-corrected chi connectivity index (χ0v) is 9.09. The van der Waals surface area contributed by atoms with Crippen molar-refractivity contribution in [1.82, 2.24) is 20.2 Å². The number of non-ortho nitro benzene ring substituents is 1. The first-order chi connectivity index (χ1) is 7.72. The second kappa shape index (κ2) is 4.27. The van der Waals surface area contributed by atoms with Crippen molar-refractivity contribution in [2.24, 2.45) is 0 Å². The molecule has 0 unspecified atom stereocenters. The SMILES string of the molecule is CSc1nnnn1-c1ccc([N+](=O)[O-])cc1. The van der Waals surface area contributed by atoms with E-state index in [1.807, 2.05) is 6.26 Å². The predicted octanol–water partition coefficient (Wildman–Crippen LogP) is 1.29. The molecule has 1 aromatic carbocycles. The number of benzene rings is 1. The molecule has 0 fully saturated rings. The zero-order chi connectivity index (χ0) is 11.5. The Kier molecular flexibility index (Phi) is 2.82. The minimum absolute atomic E-state index is 0.0440. The van der Waals surface area contributed by atoms with Crippen LogP contribution in [0, 0.1) is 10.1 Å². The van der Waals surface area contributed by atoms with E-state index in [9.17, 15) is 10.1 Å². The first-order valence-electron chi connectivity index (χ1n) is 4.29. The number of aromatic nitrogens is 4. The molecule has 0 aliphatic rings. The Morgan fingerprint density at radius 1 is 1.38 bits per heavy atom. The van der Waals surface area contributed by atoms with E-state index in [0.29, 0.717) is 10.8 Å². The lowest BCUT2D eigenvalue weighted by Gasteiger charge is -2.01. The third kappa shape index (κ3) is 1.87. The highest BCUT2D eigenvalue weighted by atomic mass is 32.2. The predicted molar refractivity (Wildman–Crippen MR) is 57.6 cm³/mol. The molecule has 0 bridgehead atoms. The van der Waals surface area contributed by atoms with Crippen LogP contribution in [-0.4, -0.2) is 31.4 Å². The van der Waals surface area contributed by atoms with Crippen molar-refractivity contribution in [2.45, 2.75) is 5.16 Å². The minimum atomic E-state index is -0.446. The molecule has 0 saturated heterocycles. The summed E-state index contributed by atoms with van der Waals surface area (Å²) in [5.41, 5.74) is 0.738. The van der Waals surface area contributed by atoms with E-state index in [1.165, 1.54) is 28.6 Å². The van der Waals surface area contributed by atoms with E-state index in [-0.39, 0.29) is 5.69 Å². The molecule has 0 N–H and O–H groups in total.